The summed E-state index contributed by atoms with van der Waals surface area (Å²) in [5.74, 6) is 6.78. The third-order valence-electron chi connectivity index (χ3n) is 18.0. The molecule has 5 aliphatic carbocycles. The molecule has 10 atom stereocenters. The number of cyclic esters (lactones) is 1. The molecule has 2 heterocycles. The van der Waals surface area contributed by atoms with Crippen molar-refractivity contribution in [3.05, 3.63) is 47.5 Å². The number of aliphatic hydroxyl groups is 3. The second kappa shape index (κ2) is 16.3. The van der Waals surface area contributed by atoms with Gasteiger partial charge in [0.15, 0.2) is 0 Å². The van der Waals surface area contributed by atoms with Crippen LogP contribution in [-0.4, -0.2) is 57.8 Å². The number of aryl methyl sites for hydroxylation is 1. The van der Waals surface area contributed by atoms with Crippen LogP contribution in [0.15, 0.2) is 42.0 Å². The number of rotatable bonds is 12. The number of hydrogen-bond acceptors (Lipinski definition) is 7. The summed E-state index contributed by atoms with van der Waals surface area (Å²) in [7, 11) is 0. The summed E-state index contributed by atoms with van der Waals surface area (Å²) in [5, 5.41) is 40.6. The Balaban J connectivity index is 1.22. The Morgan fingerprint density at radius 2 is 1.62 bits per heavy atom. The average Bonchev–Trinajstić information content (AvgIpc) is 3.99. The van der Waals surface area contributed by atoms with Crippen LogP contribution in [0.3, 0.4) is 0 Å². The number of hydrogen-bond donors (Lipinski definition) is 3. The first-order valence-electron chi connectivity index (χ1n) is 23.5. The van der Waals surface area contributed by atoms with Crippen LogP contribution >= 0.6 is 0 Å². The number of ether oxygens (including phenoxy) is 2. The molecule has 58 heavy (non-hydrogen) atoms. The molecule has 10 unspecified atom stereocenters. The zero-order chi connectivity index (χ0) is 40.8. The molecule has 2 aliphatic heterocycles. The van der Waals surface area contributed by atoms with Crippen molar-refractivity contribution in [3.63, 3.8) is 0 Å². The average molecular weight is 797 g/mol. The molecule has 7 aliphatic rings. The van der Waals surface area contributed by atoms with Crippen LogP contribution in [0.2, 0.25) is 0 Å². The lowest BCUT2D eigenvalue weighted by Gasteiger charge is -2.71. The van der Waals surface area contributed by atoms with Crippen molar-refractivity contribution in [2.24, 2.45) is 44.8 Å². The van der Waals surface area contributed by atoms with Gasteiger partial charge >= 0.3 is 11.9 Å². The lowest BCUT2D eigenvalue weighted by molar-refractivity contribution is -0.338. The second-order valence-corrected chi connectivity index (χ2v) is 21.3. The van der Waals surface area contributed by atoms with Crippen molar-refractivity contribution in [1.29, 1.82) is 0 Å². The summed E-state index contributed by atoms with van der Waals surface area (Å²) >= 11 is 0. The van der Waals surface area contributed by atoms with E-state index in [2.05, 4.69) is 56.0 Å². The molecule has 0 amide bonds. The van der Waals surface area contributed by atoms with Gasteiger partial charge in [0.1, 0.15) is 12.7 Å². The van der Waals surface area contributed by atoms with E-state index < -0.39 is 51.5 Å². The van der Waals surface area contributed by atoms with Crippen LogP contribution in [-0.2, 0) is 25.5 Å². The van der Waals surface area contributed by atoms with Crippen LogP contribution in [0.4, 0.5) is 0 Å². The fourth-order valence-corrected chi connectivity index (χ4v) is 14.7. The summed E-state index contributed by atoms with van der Waals surface area (Å²) in [6, 6.07) is 10.6. The van der Waals surface area contributed by atoms with Gasteiger partial charge in [-0.25, -0.2) is 4.79 Å². The topological polar surface area (TPSA) is 113 Å². The largest absolute Gasteiger partial charge is 0.462 e. The first-order valence-corrected chi connectivity index (χ1v) is 23.5. The highest BCUT2D eigenvalue weighted by Crippen LogP contribution is 2.73. The predicted molar refractivity (Wildman–Crippen MR) is 225 cm³/mol. The van der Waals surface area contributed by atoms with Crippen LogP contribution in [0, 0.1) is 56.7 Å². The molecule has 5 fully saturated rings. The molecule has 1 aromatic rings. The molecule has 0 aromatic heterocycles. The summed E-state index contributed by atoms with van der Waals surface area (Å²) < 4.78 is 12.4. The molecule has 0 saturated heterocycles. The molecule has 8 rings (SSSR count). The monoisotopic (exact) mass is 797 g/mol. The highest BCUT2D eigenvalue weighted by Gasteiger charge is 2.78. The Kier molecular flexibility index (Phi) is 11.8. The molecular weight excluding hydrogens is 725 g/mol. The minimum Gasteiger partial charge on any atom is -0.462 e. The molecule has 7 nitrogen and oxygen atoms in total. The third kappa shape index (κ3) is 7.21. The first kappa shape index (κ1) is 42.0. The summed E-state index contributed by atoms with van der Waals surface area (Å²) in [4.78, 5) is 27.1. The maximum absolute atomic E-state index is 14.8. The highest BCUT2D eigenvalue weighted by molar-refractivity contribution is 5.85. The van der Waals surface area contributed by atoms with Crippen molar-refractivity contribution in [3.8, 4) is 11.8 Å². The van der Waals surface area contributed by atoms with Crippen molar-refractivity contribution in [1.82, 2.24) is 0 Å². The zero-order valence-electron chi connectivity index (χ0n) is 35.9. The van der Waals surface area contributed by atoms with Gasteiger partial charge in [0.25, 0.3) is 0 Å². The van der Waals surface area contributed by atoms with E-state index in [0.717, 1.165) is 82.6 Å². The molecule has 2 spiro atoms. The fourth-order valence-electron chi connectivity index (χ4n) is 14.7. The van der Waals surface area contributed by atoms with E-state index in [-0.39, 0.29) is 25.0 Å². The van der Waals surface area contributed by atoms with Gasteiger partial charge in [0.2, 0.25) is 0 Å². The van der Waals surface area contributed by atoms with E-state index in [4.69, 9.17) is 9.47 Å². The Bertz CT molecular complexity index is 1750. The standard InChI is InChI=1S/C51H72O7/c1-36(14-12-17-37-15-6-4-7-16-37)18-19-41(52)51-42(53)22-29-47(3,39-21-30-48(33-39)24-10-11-25-48)44(51)40-34-46(2,50(51,56)31-20-38-32-43(54)57-35-38)23-13-28-49(45(55)58-40)26-8-5-9-27-49/h4,6-7,15-16,32,36,39-42,44,52-53,56H,5,8-12,14,17-22,24-31,33-35H2,1-3H3. The fraction of sp³-hybridized carbons (Fsp3) is 0.765. The van der Waals surface area contributed by atoms with Gasteiger partial charge in [-0.1, -0.05) is 88.6 Å². The number of carbonyl (C=O) groups excluding carboxylic acids is 2. The number of esters is 2. The Morgan fingerprint density at radius 1 is 0.879 bits per heavy atom. The Hall–Kier alpha value is -2.66. The van der Waals surface area contributed by atoms with E-state index in [9.17, 15) is 24.9 Å². The smallest absolute Gasteiger partial charge is 0.331 e. The van der Waals surface area contributed by atoms with Crippen LogP contribution < -0.4 is 0 Å². The van der Waals surface area contributed by atoms with Gasteiger partial charge in [0, 0.05) is 24.8 Å². The summed E-state index contributed by atoms with van der Waals surface area (Å²) in [6.45, 7) is 6.84. The highest BCUT2D eigenvalue weighted by atomic mass is 16.5. The molecule has 7 heteroatoms. The van der Waals surface area contributed by atoms with Gasteiger partial charge in [-0.05, 0) is 137 Å². The molecule has 318 valence electrons. The van der Waals surface area contributed by atoms with E-state index in [1.165, 1.54) is 37.7 Å². The van der Waals surface area contributed by atoms with Gasteiger partial charge < -0.3 is 24.8 Å². The van der Waals surface area contributed by atoms with E-state index in [1.54, 1.807) is 6.08 Å². The molecule has 0 radical (unpaired) electrons. The molecular formula is C51H72O7. The van der Waals surface area contributed by atoms with Gasteiger partial charge in [-0.15, -0.1) is 5.92 Å². The van der Waals surface area contributed by atoms with Crippen LogP contribution in [0.25, 0.3) is 0 Å². The van der Waals surface area contributed by atoms with Crippen molar-refractivity contribution in [2.75, 3.05) is 6.61 Å². The lowest BCUT2D eigenvalue weighted by atomic mass is 9.35. The number of aliphatic hydroxyl groups excluding tert-OH is 2. The summed E-state index contributed by atoms with van der Waals surface area (Å²) in [5.41, 5.74) is -2.80. The van der Waals surface area contributed by atoms with Crippen molar-refractivity contribution in [2.45, 2.75) is 192 Å². The minimum absolute atomic E-state index is 0.163. The van der Waals surface area contributed by atoms with Gasteiger partial charge in [0.05, 0.1) is 34.1 Å². The number of benzene rings is 1. The normalized spacial score (nSPS) is 38.7. The maximum atomic E-state index is 14.8. The van der Waals surface area contributed by atoms with Gasteiger partial charge in [-0.3, -0.25) is 4.79 Å². The van der Waals surface area contributed by atoms with Crippen molar-refractivity contribution >= 4 is 11.9 Å². The molecule has 5 saturated carbocycles. The zero-order valence-corrected chi connectivity index (χ0v) is 35.9. The maximum Gasteiger partial charge on any atom is 0.331 e. The van der Waals surface area contributed by atoms with Crippen molar-refractivity contribution < 1.29 is 34.4 Å². The SMILES string of the molecule is CC(CCCc1ccccc1)CCC(O)C12C(O)CCC(C)(C3CCC4(CCCC4)C3)C1C1CC(C)(C#CCC3(CCCCC3)C(=O)O1)C2(O)CCC1=CC(=O)OC1. The lowest BCUT2D eigenvalue weighted by Crippen LogP contribution is -2.79. The minimum atomic E-state index is -1.67. The second-order valence-electron chi connectivity index (χ2n) is 21.3. The summed E-state index contributed by atoms with van der Waals surface area (Å²) in [6.07, 6.45) is 18.6. The predicted octanol–water partition coefficient (Wildman–Crippen LogP) is 9.58. The Labute approximate surface area is 348 Å². The van der Waals surface area contributed by atoms with E-state index >= 15 is 0 Å². The number of carbonyl (C=O) groups is 2. The quantitative estimate of drug-likeness (QED) is 0.143. The third-order valence-corrected chi connectivity index (χ3v) is 18.0. The molecule has 3 N–H and O–H groups in total. The molecule has 2 bridgehead atoms. The molecule has 1 aromatic carbocycles. The van der Waals surface area contributed by atoms with Crippen LogP contribution in [0.5, 0.6) is 0 Å². The van der Waals surface area contributed by atoms with Gasteiger partial charge in [-0.2, -0.15) is 0 Å². The van der Waals surface area contributed by atoms with E-state index in [1.807, 2.05) is 6.92 Å². The first-order chi connectivity index (χ1) is 27.8. The Morgan fingerprint density at radius 3 is 2.34 bits per heavy atom. The van der Waals surface area contributed by atoms with Crippen LogP contribution in [0.1, 0.15) is 168 Å². The number of fused-ring (bicyclic) bond motifs is 4. The van der Waals surface area contributed by atoms with E-state index in [0.29, 0.717) is 49.4 Å².